The molecule has 0 saturated carbocycles. The molecule has 0 N–H and O–H groups in total. The fourth-order valence-electron chi connectivity index (χ4n) is 14.4. The Hall–Kier alpha value is -9.00. The van der Waals surface area contributed by atoms with Gasteiger partial charge in [0.05, 0.1) is 13.2 Å². The van der Waals surface area contributed by atoms with E-state index in [1.807, 2.05) is 0 Å². The van der Waals surface area contributed by atoms with Crippen LogP contribution in [0.4, 0.5) is 0 Å². The van der Waals surface area contributed by atoms with Gasteiger partial charge in [0.15, 0.2) is 5.79 Å². The minimum atomic E-state index is -1.49. The molecule has 2 atom stereocenters. The zero-order valence-electron chi connectivity index (χ0n) is 49.0. The van der Waals surface area contributed by atoms with Crippen molar-refractivity contribution in [1.82, 2.24) is 0 Å². The standard InChI is InChI=1S/C81H66O4/c1-51-33-37-65-69(41-51)61-29-17-13-25-57(61)45-73(65)80(82-49-55-21-9-7-10-22-55,74-46-58-26-14-18-30-62(58)70-42-52(2)34-38-66(70)74)77-78(85-79(5,6)84-77)81(83-50-56-23-11-8-12-24-56,75-47-59-27-15-19-31-63(59)71-43-53(3)35-39-67(71)75)76-48-60-28-16-20-32-64(60)72-44-54(4)36-40-68(72)76/h7-48,77-78H,49-50H2,1-6H3. The van der Waals surface area contributed by atoms with Gasteiger partial charge in [0, 0.05) is 0 Å². The lowest BCUT2D eigenvalue weighted by Gasteiger charge is -2.48. The second kappa shape index (κ2) is 20.7. The average molecular weight is 1100 g/mol. The van der Waals surface area contributed by atoms with Gasteiger partial charge in [-0.3, -0.25) is 0 Å². The maximum atomic E-state index is 8.49. The van der Waals surface area contributed by atoms with E-state index in [1.165, 1.54) is 22.3 Å². The summed E-state index contributed by atoms with van der Waals surface area (Å²) < 4.78 is 33.4. The summed E-state index contributed by atoms with van der Waals surface area (Å²) in [5, 5.41) is 17.8. The zero-order valence-corrected chi connectivity index (χ0v) is 49.0. The normalized spacial score (nSPS) is 15.6. The Morgan fingerprint density at radius 3 is 0.835 bits per heavy atom. The summed E-state index contributed by atoms with van der Waals surface area (Å²) in [7, 11) is 0. The maximum absolute atomic E-state index is 8.49. The minimum Gasteiger partial charge on any atom is -0.358 e. The molecule has 0 spiro atoms. The van der Waals surface area contributed by atoms with Crippen molar-refractivity contribution in [3.63, 3.8) is 0 Å². The van der Waals surface area contributed by atoms with Crippen LogP contribution in [0.2, 0.25) is 0 Å². The van der Waals surface area contributed by atoms with Gasteiger partial charge in [-0.2, -0.15) is 0 Å². The molecular formula is C81H66O4. The Kier molecular flexibility index (Phi) is 12.8. The van der Waals surface area contributed by atoms with Crippen molar-refractivity contribution < 1.29 is 18.9 Å². The summed E-state index contributed by atoms with van der Waals surface area (Å²) in [6, 6.07) is 93.7. The summed E-state index contributed by atoms with van der Waals surface area (Å²) in [5.41, 5.74) is 7.65. The van der Waals surface area contributed by atoms with Gasteiger partial charge in [-0.1, -0.05) is 253 Å². The summed E-state index contributed by atoms with van der Waals surface area (Å²) in [5.74, 6) is -1.23. The van der Waals surface area contributed by atoms with Gasteiger partial charge in [0.1, 0.15) is 23.4 Å². The molecule has 1 fully saturated rings. The van der Waals surface area contributed by atoms with E-state index in [0.717, 1.165) is 120 Å². The molecule has 15 rings (SSSR count). The van der Waals surface area contributed by atoms with E-state index >= 15 is 0 Å². The molecule has 4 heteroatoms. The summed E-state index contributed by atoms with van der Waals surface area (Å²) in [6.45, 7) is 13.4. The molecular weight excluding hydrogens is 1040 g/mol. The van der Waals surface area contributed by atoms with Crippen molar-refractivity contribution in [1.29, 1.82) is 0 Å². The number of fused-ring (bicyclic) bond motifs is 12. The Bertz CT molecular complexity index is 4380. The SMILES string of the molecule is Cc1ccc2c(C(OCc3ccccc3)(c3cc4ccccc4c4cc(C)ccc34)C3OC(C)(C)OC3C(OCc3ccccc3)(c3cc4ccccc4c4cc(C)ccc34)c3cc4ccccc4c4cc(C)ccc34)cc3ccccc3c2c1. The number of hydrogen-bond acceptors (Lipinski definition) is 4. The summed E-state index contributed by atoms with van der Waals surface area (Å²) in [6.07, 6.45) is -1.92. The van der Waals surface area contributed by atoms with Crippen LogP contribution in [-0.2, 0) is 43.4 Å². The highest BCUT2D eigenvalue weighted by Crippen LogP contribution is 2.59. The van der Waals surface area contributed by atoms with E-state index < -0.39 is 29.2 Å². The van der Waals surface area contributed by atoms with E-state index in [1.54, 1.807) is 0 Å². The third-order valence-corrected chi connectivity index (χ3v) is 18.2. The van der Waals surface area contributed by atoms with Crippen LogP contribution in [0.3, 0.4) is 0 Å². The van der Waals surface area contributed by atoms with Gasteiger partial charge < -0.3 is 18.9 Å². The van der Waals surface area contributed by atoms with Gasteiger partial charge in [0.2, 0.25) is 0 Å². The van der Waals surface area contributed by atoms with Crippen LogP contribution in [0.15, 0.2) is 255 Å². The molecule has 414 valence electrons. The second-order valence-corrected chi connectivity index (χ2v) is 24.3. The van der Waals surface area contributed by atoms with E-state index in [9.17, 15) is 0 Å². The molecule has 0 amide bonds. The lowest BCUT2D eigenvalue weighted by molar-refractivity contribution is -0.182. The van der Waals surface area contributed by atoms with E-state index in [-0.39, 0.29) is 13.2 Å². The van der Waals surface area contributed by atoms with Crippen molar-refractivity contribution in [3.8, 4) is 0 Å². The van der Waals surface area contributed by atoms with Gasteiger partial charge >= 0.3 is 0 Å². The van der Waals surface area contributed by atoms with Crippen molar-refractivity contribution in [2.75, 3.05) is 0 Å². The number of hydrogen-bond donors (Lipinski definition) is 0. The molecule has 0 aliphatic carbocycles. The molecule has 14 aromatic carbocycles. The van der Waals surface area contributed by atoms with Crippen LogP contribution in [-0.4, -0.2) is 18.0 Å². The summed E-state index contributed by atoms with van der Waals surface area (Å²) >= 11 is 0. The van der Waals surface area contributed by atoms with Crippen LogP contribution in [0.1, 0.15) is 69.5 Å². The Balaban J connectivity index is 1.18. The van der Waals surface area contributed by atoms with Crippen molar-refractivity contribution >= 4 is 86.2 Å². The summed E-state index contributed by atoms with van der Waals surface area (Å²) in [4.78, 5) is 0. The zero-order chi connectivity index (χ0) is 57.6. The van der Waals surface area contributed by atoms with Crippen molar-refractivity contribution in [3.05, 3.63) is 310 Å². The highest BCUT2D eigenvalue weighted by atomic mass is 16.8. The number of benzene rings is 14. The third kappa shape index (κ3) is 8.81. The average Bonchev–Trinajstić information content (AvgIpc) is 1.78. The highest BCUT2D eigenvalue weighted by molar-refractivity contribution is 6.14. The quantitative estimate of drug-likeness (QED) is 0.114. The van der Waals surface area contributed by atoms with E-state index in [0.29, 0.717) is 0 Å². The van der Waals surface area contributed by atoms with E-state index in [4.69, 9.17) is 18.9 Å². The first-order valence-electron chi connectivity index (χ1n) is 29.9. The Morgan fingerprint density at radius 1 is 0.294 bits per heavy atom. The molecule has 0 aromatic heterocycles. The largest absolute Gasteiger partial charge is 0.358 e. The predicted molar refractivity (Wildman–Crippen MR) is 353 cm³/mol. The highest BCUT2D eigenvalue weighted by Gasteiger charge is 2.65. The second-order valence-electron chi connectivity index (χ2n) is 24.3. The molecule has 0 bridgehead atoms. The molecule has 1 saturated heterocycles. The molecule has 4 nitrogen and oxygen atoms in total. The monoisotopic (exact) mass is 1100 g/mol. The van der Waals surface area contributed by atoms with Crippen LogP contribution >= 0.6 is 0 Å². The molecule has 1 heterocycles. The molecule has 14 aromatic rings. The first-order chi connectivity index (χ1) is 41.5. The topological polar surface area (TPSA) is 36.9 Å². The lowest BCUT2D eigenvalue weighted by atomic mass is 9.67. The fraction of sp³-hybridized carbons (Fsp3) is 0.160. The van der Waals surface area contributed by atoms with Crippen LogP contribution in [0, 0.1) is 27.7 Å². The Morgan fingerprint density at radius 2 is 0.553 bits per heavy atom. The van der Waals surface area contributed by atoms with E-state index in [2.05, 4.69) is 296 Å². The van der Waals surface area contributed by atoms with Crippen LogP contribution < -0.4 is 0 Å². The number of aryl methyl sites for hydroxylation is 4. The lowest BCUT2D eigenvalue weighted by Crippen LogP contribution is -2.57. The maximum Gasteiger partial charge on any atom is 0.164 e. The van der Waals surface area contributed by atoms with Crippen molar-refractivity contribution in [2.24, 2.45) is 0 Å². The molecule has 2 unspecified atom stereocenters. The molecule has 1 aliphatic heterocycles. The number of rotatable bonds is 12. The smallest absolute Gasteiger partial charge is 0.164 e. The van der Waals surface area contributed by atoms with Gasteiger partial charge in [-0.05, 0) is 185 Å². The first-order valence-corrected chi connectivity index (χ1v) is 29.9. The Labute approximate surface area is 496 Å². The van der Waals surface area contributed by atoms with Gasteiger partial charge in [-0.25, -0.2) is 0 Å². The first kappa shape index (κ1) is 52.8. The van der Waals surface area contributed by atoms with Crippen LogP contribution in [0.5, 0.6) is 0 Å². The minimum absolute atomic E-state index is 0.239. The molecule has 0 radical (unpaired) electrons. The van der Waals surface area contributed by atoms with Crippen LogP contribution in [0.25, 0.3) is 86.2 Å². The van der Waals surface area contributed by atoms with Crippen molar-refractivity contribution in [2.45, 2.75) is 84.0 Å². The fourth-order valence-corrected chi connectivity index (χ4v) is 14.4. The third-order valence-electron chi connectivity index (χ3n) is 18.2. The molecule has 1 aliphatic rings. The van der Waals surface area contributed by atoms with Gasteiger partial charge in [-0.15, -0.1) is 0 Å². The number of ether oxygens (including phenoxy) is 4. The predicted octanol–water partition coefficient (Wildman–Crippen LogP) is 20.3. The van der Waals surface area contributed by atoms with Gasteiger partial charge in [0.25, 0.3) is 0 Å². The molecule has 85 heavy (non-hydrogen) atoms.